The van der Waals surface area contributed by atoms with Crippen LogP contribution in [0.15, 0.2) is 121 Å². The molecule has 2 nitrogen and oxygen atoms in total. The minimum absolute atomic E-state index is 0. The highest BCUT2D eigenvalue weighted by atomic mass is 35.5. The fourth-order valence-corrected chi connectivity index (χ4v) is 4.36. The lowest BCUT2D eigenvalue weighted by Gasteiger charge is -2.35. The van der Waals surface area contributed by atoms with E-state index in [0.717, 1.165) is 0 Å². The largest absolute Gasteiger partial charge is 0.326 e. The van der Waals surface area contributed by atoms with E-state index in [1.165, 1.54) is 22.3 Å². The maximum atomic E-state index is 6.98. The molecule has 0 fully saturated rings. The minimum atomic E-state index is -0.264. The molecule has 2 atom stereocenters. The first-order valence-electron chi connectivity index (χ1n) is 10.5. The van der Waals surface area contributed by atoms with Crippen LogP contribution in [0.2, 0.25) is 0 Å². The fraction of sp³-hybridized carbons (Fsp3) is 0.143. The smallest absolute Gasteiger partial charge is 0.0312 e. The van der Waals surface area contributed by atoms with E-state index < -0.39 is 0 Å². The highest BCUT2D eigenvalue weighted by molar-refractivity contribution is 5.85. The molecule has 0 aliphatic rings. The molecule has 4 heteroatoms. The molecule has 0 aromatic heterocycles. The summed E-state index contributed by atoms with van der Waals surface area (Å²) >= 11 is 0. The van der Waals surface area contributed by atoms with Gasteiger partial charge in [-0.15, -0.1) is 24.8 Å². The van der Waals surface area contributed by atoms with Gasteiger partial charge in [-0.05, 0) is 22.3 Å². The average Bonchev–Trinajstić information content (AvgIpc) is 2.82. The molecule has 4 N–H and O–H groups in total. The van der Waals surface area contributed by atoms with Crippen LogP contribution in [0.1, 0.15) is 34.1 Å². The van der Waals surface area contributed by atoms with Gasteiger partial charge >= 0.3 is 0 Å². The molecule has 0 amide bonds. The van der Waals surface area contributed by atoms with E-state index in [2.05, 4.69) is 97.1 Å². The van der Waals surface area contributed by atoms with Crippen LogP contribution in [0, 0.1) is 0 Å². The molecule has 0 heterocycles. The van der Waals surface area contributed by atoms with Gasteiger partial charge in [0.15, 0.2) is 0 Å². The van der Waals surface area contributed by atoms with Crippen molar-refractivity contribution in [2.75, 3.05) is 0 Å². The van der Waals surface area contributed by atoms with Crippen molar-refractivity contribution in [1.29, 1.82) is 0 Å². The van der Waals surface area contributed by atoms with Crippen LogP contribution in [0.25, 0.3) is 0 Å². The Labute approximate surface area is 203 Å². The molecule has 32 heavy (non-hydrogen) atoms. The Morgan fingerprint density at radius 3 is 0.719 bits per heavy atom. The summed E-state index contributed by atoms with van der Waals surface area (Å²) in [4.78, 5) is 0. The van der Waals surface area contributed by atoms with E-state index in [1.54, 1.807) is 0 Å². The zero-order valence-corrected chi connectivity index (χ0v) is 19.5. The third-order valence-corrected chi connectivity index (χ3v) is 5.85. The number of rotatable bonds is 7. The second-order valence-electron chi connectivity index (χ2n) is 7.75. The van der Waals surface area contributed by atoms with Gasteiger partial charge in [0.1, 0.15) is 0 Å². The number of benzene rings is 4. The van der Waals surface area contributed by atoms with Crippen LogP contribution in [-0.2, 0) is 0 Å². The first kappa shape index (κ1) is 25.6. The van der Waals surface area contributed by atoms with Crippen molar-refractivity contribution < 1.29 is 0 Å². The predicted molar refractivity (Wildman–Crippen MR) is 140 cm³/mol. The topological polar surface area (TPSA) is 52.0 Å². The van der Waals surface area contributed by atoms with Gasteiger partial charge < -0.3 is 11.5 Å². The van der Waals surface area contributed by atoms with Gasteiger partial charge in [-0.3, -0.25) is 0 Å². The minimum Gasteiger partial charge on any atom is -0.326 e. The Balaban J connectivity index is 0.00000181. The van der Waals surface area contributed by atoms with Crippen molar-refractivity contribution >= 4 is 24.8 Å². The van der Waals surface area contributed by atoms with Crippen LogP contribution in [-0.4, -0.2) is 12.1 Å². The first-order valence-corrected chi connectivity index (χ1v) is 10.5. The standard InChI is InChI=1S/C28H28N2.2ClH/c29-27(25(21-13-5-1-6-14-21)22-15-7-2-8-16-22)28(30)26(23-17-9-3-10-18-23)24-19-11-4-12-20-24;;/h1-20,25-28H,29-30H2;2*1H. The van der Waals surface area contributed by atoms with Crippen molar-refractivity contribution in [3.8, 4) is 0 Å². The molecular weight excluding hydrogens is 435 g/mol. The van der Waals surface area contributed by atoms with Gasteiger partial charge in [0.2, 0.25) is 0 Å². The molecule has 4 aromatic rings. The maximum absolute atomic E-state index is 6.98. The van der Waals surface area contributed by atoms with Crippen LogP contribution in [0.5, 0.6) is 0 Å². The van der Waals surface area contributed by atoms with Crippen LogP contribution in [0.3, 0.4) is 0 Å². The van der Waals surface area contributed by atoms with Gasteiger partial charge in [-0.1, -0.05) is 121 Å². The van der Waals surface area contributed by atoms with E-state index in [9.17, 15) is 0 Å². The third-order valence-electron chi connectivity index (χ3n) is 5.85. The molecule has 2 unspecified atom stereocenters. The van der Waals surface area contributed by atoms with Gasteiger partial charge in [0.25, 0.3) is 0 Å². The second-order valence-corrected chi connectivity index (χ2v) is 7.75. The normalized spacial score (nSPS) is 12.5. The van der Waals surface area contributed by atoms with Crippen molar-refractivity contribution in [2.45, 2.75) is 23.9 Å². The summed E-state index contributed by atoms with van der Waals surface area (Å²) in [5, 5.41) is 0. The summed E-state index contributed by atoms with van der Waals surface area (Å²) in [6, 6.07) is 41.3. The maximum Gasteiger partial charge on any atom is 0.0312 e. The summed E-state index contributed by atoms with van der Waals surface area (Å²) in [6.45, 7) is 0. The average molecular weight is 465 g/mol. The van der Waals surface area contributed by atoms with Gasteiger partial charge in [-0.25, -0.2) is 0 Å². The van der Waals surface area contributed by atoms with Crippen molar-refractivity contribution in [3.05, 3.63) is 144 Å². The molecule has 4 rings (SSSR count). The Hall–Kier alpha value is -2.62. The van der Waals surface area contributed by atoms with Crippen LogP contribution >= 0.6 is 24.8 Å². The molecular formula is C28H30Cl2N2. The van der Waals surface area contributed by atoms with Gasteiger partial charge in [-0.2, -0.15) is 0 Å². The lowest BCUT2D eigenvalue weighted by Crippen LogP contribution is -2.49. The molecule has 4 aromatic carbocycles. The highest BCUT2D eigenvalue weighted by Gasteiger charge is 2.33. The number of hydrogen-bond acceptors (Lipinski definition) is 2. The second kappa shape index (κ2) is 12.4. The summed E-state index contributed by atoms with van der Waals surface area (Å²) in [7, 11) is 0. The lowest BCUT2D eigenvalue weighted by molar-refractivity contribution is 0.445. The molecule has 0 bridgehead atoms. The molecule has 0 spiro atoms. The van der Waals surface area contributed by atoms with Crippen molar-refractivity contribution in [1.82, 2.24) is 0 Å². The van der Waals surface area contributed by atoms with Crippen molar-refractivity contribution in [3.63, 3.8) is 0 Å². The Kier molecular flexibility index (Phi) is 9.96. The summed E-state index contributed by atoms with van der Waals surface area (Å²) < 4.78 is 0. The monoisotopic (exact) mass is 464 g/mol. The predicted octanol–water partition coefficient (Wildman–Crippen LogP) is 6.15. The molecule has 0 aliphatic carbocycles. The Morgan fingerprint density at radius 2 is 0.531 bits per heavy atom. The van der Waals surface area contributed by atoms with Crippen LogP contribution < -0.4 is 11.5 Å². The first-order chi connectivity index (χ1) is 14.8. The van der Waals surface area contributed by atoms with Crippen LogP contribution in [0.4, 0.5) is 0 Å². The summed E-state index contributed by atoms with van der Waals surface area (Å²) in [5.41, 5.74) is 18.7. The number of halogens is 2. The van der Waals surface area contributed by atoms with Gasteiger partial charge in [0, 0.05) is 23.9 Å². The van der Waals surface area contributed by atoms with E-state index in [0.29, 0.717) is 0 Å². The molecule has 0 saturated heterocycles. The van der Waals surface area contributed by atoms with E-state index in [4.69, 9.17) is 11.5 Å². The van der Waals surface area contributed by atoms with Crippen molar-refractivity contribution in [2.24, 2.45) is 11.5 Å². The van der Waals surface area contributed by atoms with Gasteiger partial charge in [0.05, 0.1) is 0 Å². The molecule has 0 radical (unpaired) electrons. The number of hydrogen-bond donors (Lipinski definition) is 2. The Bertz CT molecular complexity index is 862. The molecule has 0 aliphatic heterocycles. The van der Waals surface area contributed by atoms with E-state index >= 15 is 0 Å². The quantitative estimate of drug-likeness (QED) is 0.344. The summed E-state index contributed by atoms with van der Waals surface area (Å²) in [5.74, 6) is 0.0228. The molecule has 166 valence electrons. The number of nitrogens with two attached hydrogens (primary N) is 2. The lowest BCUT2D eigenvalue weighted by atomic mass is 9.75. The Morgan fingerprint density at radius 1 is 0.344 bits per heavy atom. The summed E-state index contributed by atoms with van der Waals surface area (Å²) in [6.07, 6.45) is 0. The van der Waals surface area contributed by atoms with E-state index in [-0.39, 0.29) is 48.7 Å². The zero-order chi connectivity index (χ0) is 20.8. The third kappa shape index (κ3) is 5.79. The SMILES string of the molecule is Cl.Cl.NC(C(c1ccccc1)c1ccccc1)C(N)C(c1ccccc1)c1ccccc1. The van der Waals surface area contributed by atoms with E-state index in [1.807, 2.05) is 24.3 Å². The highest BCUT2D eigenvalue weighted by Crippen LogP contribution is 2.35. The zero-order valence-electron chi connectivity index (χ0n) is 17.8. The molecule has 0 saturated carbocycles. The fourth-order valence-electron chi connectivity index (χ4n) is 4.36.